The van der Waals surface area contributed by atoms with Crippen LogP contribution in [0.25, 0.3) is 0 Å². The van der Waals surface area contributed by atoms with Crippen molar-refractivity contribution >= 4 is 5.91 Å². The quantitative estimate of drug-likeness (QED) is 0.654. The Balaban J connectivity index is 2.37. The van der Waals surface area contributed by atoms with Gasteiger partial charge in [-0.3, -0.25) is 4.79 Å². The maximum Gasteiger partial charge on any atom is 0.236 e. The van der Waals surface area contributed by atoms with Gasteiger partial charge in [-0.2, -0.15) is 0 Å². The van der Waals surface area contributed by atoms with E-state index < -0.39 is 0 Å². The molecule has 1 aliphatic carbocycles. The largest absolute Gasteiger partial charge is 0.340 e. The van der Waals surface area contributed by atoms with Crippen LogP contribution in [0, 0.1) is 5.92 Å². The van der Waals surface area contributed by atoms with Crippen LogP contribution in [0.5, 0.6) is 0 Å². The van der Waals surface area contributed by atoms with Crippen LogP contribution in [0.4, 0.5) is 0 Å². The molecule has 1 N–H and O–H groups in total. The Kier molecular flexibility index (Phi) is 7.39. The van der Waals surface area contributed by atoms with Gasteiger partial charge in [-0.25, -0.2) is 0 Å². The summed E-state index contributed by atoms with van der Waals surface area (Å²) in [5.74, 6) is 0.786. The van der Waals surface area contributed by atoms with E-state index >= 15 is 0 Å². The average molecular weight is 269 g/mol. The lowest BCUT2D eigenvalue weighted by molar-refractivity contribution is -0.131. The van der Waals surface area contributed by atoms with Crippen molar-refractivity contribution in [1.82, 2.24) is 15.1 Å². The lowest BCUT2D eigenvalue weighted by Crippen LogP contribution is -2.44. The molecule has 0 aromatic rings. The lowest BCUT2D eigenvalue weighted by Gasteiger charge is -2.28. The lowest BCUT2D eigenvalue weighted by atomic mass is 10.2. The molecule has 0 unspecified atom stereocenters. The van der Waals surface area contributed by atoms with Crippen LogP contribution in [0.3, 0.4) is 0 Å². The van der Waals surface area contributed by atoms with Gasteiger partial charge in [-0.15, -0.1) is 0 Å². The monoisotopic (exact) mass is 269 g/mol. The molecule has 1 fully saturated rings. The van der Waals surface area contributed by atoms with Crippen LogP contribution in [-0.4, -0.2) is 61.0 Å². The van der Waals surface area contributed by atoms with Crippen LogP contribution in [0.15, 0.2) is 0 Å². The topological polar surface area (TPSA) is 35.6 Å². The van der Waals surface area contributed by atoms with Crippen LogP contribution >= 0.6 is 0 Å². The Morgan fingerprint density at radius 2 is 1.84 bits per heavy atom. The minimum Gasteiger partial charge on any atom is -0.340 e. The predicted molar refractivity (Wildman–Crippen MR) is 80.2 cm³/mol. The number of nitrogens with zero attached hydrogens (tertiary/aromatic N) is 2. The van der Waals surface area contributed by atoms with E-state index in [-0.39, 0.29) is 5.91 Å². The third-order valence-corrected chi connectivity index (χ3v) is 3.64. The summed E-state index contributed by atoms with van der Waals surface area (Å²) in [6.07, 6.45) is 2.47. The van der Waals surface area contributed by atoms with Gasteiger partial charge >= 0.3 is 0 Å². The van der Waals surface area contributed by atoms with Crippen molar-refractivity contribution in [3.63, 3.8) is 0 Å². The van der Waals surface area contributed by atoms with E-state index in [9.17, 15) is 4.79 Å². The van der Waals surface area contributed by atoms with Gasteiger partial charge in [0.1, 0.15) is 0 Å². The molecule has 19 heavy (non-hydrogen) atoms. The fourth-order valence-corrected chi connectivity index (χ4v) is 2.19. The van der Waals surface area contributed by atoms with E-state index in [0.717, 1.165) is 32.7 Å². The highest BCUT2D eigenvalue weighted by Gasteiger charge is 2.23. The summed E-state index contributed by atoms with van der Waals surface area (Å²) in [5.41, 5.74) is 0. The zero-order chi connectivity index (χ0) is 14.3. The molecular formula is C15H31N3O. The number of rotatable bonds is 10. The fourth-order valence-electron chi connectivity index (χ4n) is 2.19. The summed E-state index contributed by atoms with van der Waals surface area (Å²) in [6, 6.07) is 0.604. The van der Waals surface area contributed by atoms with Crippen molar-refractivity contribution in [2.45, 2.75) is 46.6 Å². The van der Waals surface area contributed by atoms with Gasteiger partial charge in [-0.05, 0) is 31.8 Å². The minimum absolute atomic E-state index is 0.257. The van der Waals surface area contributed by atoms with Crippen molar-refractivity contribution in [2.75, 3.05) is 39.3 Å². The van der Waals surface area contributed by atoms with Crippen LogP contribution in [0.2, 0.25) is 0 Å². The molecule has 4 nitrogen and oxygen atoms in total. The Labute approximate surface area is 118 Å². The average Bonchev–Trinajstić information content (AvgIpc) is 3.19. The second kappa shape index (κ2) is 8.54. The highest BCUT2D eigenvalue weighted by atomic mass is 16.2. The number of nitrogens with one attached hydrogen (secondary N) is 1. The first kappa shape index (κ1) is 16.4. The third-order valence-electron chi connectivity index (χ3n) is 3.64. The molecule has 1 rings (SSSR count). The molecule has 0 aliphatic heterocycles. The number of hydrogen-bond acceptors (Lipinski definition) is 3. The molecule has 112 valence electrons. The number of likely N-dealkylation sites (N-methyl/N-ethyl adjacent to an activating group) is 1. The summed E-state index contributed by atoms with van der Waals surface area (Å²) in [7, 11) is 0. The van der Waals surface area contributed by atoms with Crippen molar-refractivity contribution < 1.29 is 4.79 Å². The van der Waals surface area contributed by atoms with Gasteiger partial charge in [0.2, 0.25) is 5.91 Å². The van der Waals surface area contributed by atoms with Gasteiger partial charge < -0.3 is 15.1 Å². The maximum atomic E-state index is 12.2. The molecule has 0 atom stereocenters. The number of amides is 1. The molecule has 0 bridgehead atoms. The highest BCUT2D eigenvalue weighted by molar-refractivity contribution is 5.78. The SMILES string of the molecule is CCN(CC)CCN(CC(C)C)C(=O)CNC1CC1. The first-order valence-electron chi connectivity index (χ1n) is 7.80. The number of hydrogen-bond donors (Lipinski definition) is 1. The normalized spacial score (nSPS) is 15.3. The zero-order valence-corrected chi connectivity index (χ0v) is 13.1. The third kappa shape index (κ3) is 6.92. The Hall–Kier alpha value is -0.610. The first-order valence-corrected chi connectivity index (χ1v) is 7.80. The number of carbonyl (C=O) groups excluding carboxylic acids is 1. The summed E-state index contributed by atoms with van der Waals surface area (Å²) < 4.78 is 0. The Bertz CT molecular complexity index is 260. The second-order valence-corrected chi connectivity index (χ2v) is 5.92. The second-order valence-electron chi connectivity index (χ2n) is 5.92. The molecule has 0 aromatic heterocycles. The summed E-state index contributed by atoms with van der Waals surface area (Å²) >= 11 is 0. The predicted octanol–water partition coefficient (Wildman–Crippen LogP) is 1.56. The Morgan fingerprint density at radius 3 is 2.32 bits per heavy atom. The molecule has 0 aromatic carbocycles. The first-order chi connectivity index (χ1) is 9.06. The van der Waals surface area contributed by atoms with Gasteiger partial charge in [0.15, 0.2) is 0 Å². The molecule has 1 saturated carbocycles. The molecule has 1 aliphatic rings. The van der Waals surface area contributed by atoms with Crippen LogP contribution in [-0.2, 0) is 4.79 Å². The zero-order valence-electron chi connectivity index (χ0n) is 13.1. The summed E-state index contributed by atoms with van der Waals surface area (Å²) in [5, 5.41) is 3.32. The molecule has 0 spiro atoms. The van der Waals surface area contributed by atoms with E-state index in [0.29, 0.717) is 18.5 Å². The summed E-state index contributed by atoms with van der Waals surface area (Å²) in [4.78, 5) is 16.6. The molecule has 0 heterocycles. The van der Waals surface area contributed by atoms with Gasteiger partial charge in [-0.1, -0.05) is 27.7 Å². The van der Waals surface area contributed by atoms with Crippen LogP contribution in [0.1, 0.15) is 40.5 Å². The van der Waals surface area contributed by atoms with E-state index in [4.69, 9.17) is 0 Å². The number of carbonyl (C=O) groups is 1. The minimum atomic E-state index is 0.257. The fraction of sp³-hybridized carbons (Fsp3) is 0.933. The molecule has 1 amide bonds. The standard InChI is InChI=1S/C15H31N3O/c1-5-17(6-2)9-10-18(12-13(3)4)15(19)11-16-14-7-8-14/h13-14,16H,5-12H2,1-4H3. The summed E-state index contributed by atoms with van der Waals surface area (Å²) in [6.45, 7) is 14.0. The van der Waals surface area contributed by atoms with E-state index in [2.05, 4.69) is 37.9 Å². The molecular weight excluding hydrogens is 238 g/mol. The van der Waals surface area contributed by atoms with Gasteiger partial charge in [0.05, 0.1) is 6.54 Å². The van der Waals surface area contributed by atoms with Crippen molar-refractivity contribution in [2.24, 2.45) is 5.92 Å². The van der Waals surface area contributed by atoms with E-state index in [1.807, 2.05) is 4.90 Å². The van der Waals surface area contributed by atoms with Crippen molar-refractivity contribution in [1.29, 1.82) is 0 Å². The van der Waals surface area contributed by atoms with Crippen molar-refractivity contribution in [3.8, 4) is 0 Å². The van der Waals surface area contributed by atoms with E-state index in [1.54, 1.807) is 0 Å². The van der Waals surface area contributed by atoms with Crippen LogP contribution < -0.4 is 5.32 Å². The van der Waals surface area contributed by atoms with Gasteiger partial charge in [0, 0.05) is 25.7 Å². The molecule has 0 saturated heterocycles. The maximum absolute atomic E-state index is 12.2. The van der Waals surface area contributed by atoms with E-state index in [1.165, 1.54) is 12.8 Å². The molecule has 0 radical (unpaired) electrons. The van der Waals surface area contributed by atoms with Crippen molar-refractivity contribution in [3.05, 3.63) is 0 Å². The molecule has 4 heteroatoms. The van der Waals surface area contributed by atoms with Gasteiger partial charge in [0.25, 0.3) is 0 Å². The highest BCUT2D eigenvalue weighted by Crippen LogP contribution is 2.18. The smallest absolute Gasteiger partial charge is 0.236 e. The Morgan fingerprint density at radius 1 is 1.21 bits per heavy atom.